The summed E-state index contributed by atoms with van der Waals surface area (Å²) in [5.41, 5.74) is 15.9. The maximum absolute atomic E-state index is 14.9. The Labute approximate surface area is 479 Å². The maximum atomic E-state index is 14.9. The molecular weight excluding hydrogens is 1060 g/mol. The van der Waals surface area contributed by atoms with Gasteiger partial charge in [0.25, 0.3) is 5.91 Å². The quantitative estimate of drug-likeness (QED) is 0.0467. The van der Waals surface area contributed by atoms with Crippen LogP contribution in [-0.2, 0) is 35.3 Å². The fourth-order valence-electron chi connectivity index (χ4n) is 11.9. The van der Waals surface area contributed by atoms with Gasteiger partial charge in [0.05, 0.1) is 30.4 Å². The summed E-state index contributed by atoms with van der Waals surface area (Å²) in [5.74, 6) is -4.06. The third-order valence-electron chi connectivity index (χ3n) is 16.3. The molecule has 80 heavy (non-hydrogen) atoms. The Balaban J connectivity index is 0.00000462. The summed E-state index contributed by atoms with van der Waals surface area (Å²) in [4.78, 5) is 103. The molecule has 10 atom stereocenters. The van der Waals surface area contributed by atoms with E-state index in [1.54, 1.807) is 23.6 Å². The minimum atomic E-state index is -1.10. The van der Waals surface area contributed by atoms with Crippen molar-refractivity contribution in [3.63, 3.8) is 0 Å². The van der Waals surface area contributed by atoms with E-state index in [0.717, 1.165) is 22.3 Å². The first-order valence-corrected chi connectivity index (χ1v) is 27.6. The van der Waals surface area contributed by atoms with Crippen molar-refractivity contribution in [2.45, 2.75) is 145 Å². The van der Waals surface area contributed by atoms with Crippen LogP contribution in [0.3, 0.4) is 0 Å². The zero-order valence-electron chi connectivity index (χ0n) is 45.0. The second-order valence-electron chi connectivity index (χ2n) is 21.2. The molecular formula is C59H72Cl2N12O7-2. The lowest BCUT2D eigenvalue weighted by Crippen LogP contribution is -3.00. The van der Waals surface area contributed by atoms with Gasteiger partial charge in [-0.2, -0.15) is 0 Å². The summed E-state index contributed by atoms with van der Waals surface area (Å²) in [6, 6.07) is 31.7. The van der Waals surface area contributed by atoms with Gasteiger partial charge in [0, 0.05) is 37.0 Å². The van der Waals surface area contributed by atoms with Gasteiger partial charge in [-0.3, -0.25) is 38.2 Å². The van der Waals surface area contributed by atoms with Crippen molar-refractivity contribution in [2.24, 2.45) is 23.3 Å². The highest BCUT2D eigenvalue weighted by Gasteiger charge is 2.50. The fourth-order valence-corrected chi connectivity index (χ4v) is 11.9. The molecule has 0 saturated carbocycles. The van der Waals surface area contributed by atoms with Crippen LogP contribution in [0.25, 0.3) is 0 Å². The number of hydrogen-bond acceptors (Lipinski definition) is 11. The molecule has 0 bridgehead atoms. The van der Waals surface area contributed by atoms with E-state index in [-0.39, 0.29) is 73.4 Å². The number of benzene rings is 4. The molecule has 426 valence electrons. The van der Waals surface area contributed by atoms with Crippen LogP contribution in [0.1, 0.15) is 123 Å². The number of halogens is 2. The number of nitrogens with zero attached hydrogens (tertiary/aromatic N) is 5. The van der Waals surface area contributed by atoms with E-state index in [0.29, 0.717) is 64.2 Å². The van der Waals surface area contributed by atoms with Crippen LogP contribution in [0.2, 0.25) is 0 Å². The molecule has 0 radical (unpaired) electrons. The highest BCUT2D eigenvalue weighted by atomic mass is 35.5. The molecule has 5 heterocycles. The van der Waals surface area contributed by atoms with Crippen LogP contribution < -0.4 is 62.9 Å². The highest BCUT2D eigenvalue weighted by molar-refractivity contribution is 5.96. The van der Waals surface area contributed by atoms with Crippen molar-refractivity contribution >= 4 is 41.4 Å². The van der Waals surface area contributed by atoms with Crippen LogP contribution in [-0.4, -0.2) is 121 Å². The molecule has 4 aromatic carbocycles. The summed E-state index contributed by atoms with van der Waals surface area (Å²) in [6.07, 6.45) is 6.25. The van der Waals surface area contributed by atoms with E-state index in [1.807, 2.05) is 121 Å². The molecule has 7 amide bonds. The summed E-state index contributed by atoms with van der Waals surface area (Å²) in [6.45, 7) is 3.65. The van der Waals surface area contributed by atoms with Gasteiger partial charge in [-0.15, -0.1) is 5.10 Å². The summed E-state index contributed by atoms with van der Waals surface area (Å²) in [5, 5.41) is 23.8. The number of nitrogens with two attached hydrogens (primary N) is 2. The first-order chi connectivity index (χ1) is 37.8. The molecule has 0 unspecified atom stereocenters. The van der Waals surface area contributed by atoms with Crippen molar-refractivity contribution < 1.29 is 58.4 Å². The molecule has 0 spiro atoms. The molecule has 5 aromatic rings. The van der Waals surface area contributed by atoms with E-state index in [4.69, 9.17) is 11.5 Å². The molecule has 19 nitrogen and oxygen atoms in total. The number of carbonyl (C=O) groups excluding carboxylic acids is 7. The molecule has 4 aliphatic rings. The van der Waals surface area contributed by atoms with E-state index < -0.39 is 83.8 Å². The van der Waals surface area contributed by atoms with Crippen LogP contribution >= 0.6 is 0 Å². The van der Waals surface area contributed by atoms with Crippen LogP contribution in [0.5, 0.6) is 0 Å². The molecule has 1 aromatic heterocycles. The first-order valence-electron chi connectivity index (χ1n) is 27.6. The van der Waals surface area contributed by atoms with Crippen molar-refractivity contribution in [2.75, 3.05) is 6.54 Å². The van der Waals surface area contributed by atoms with Crippen molar-refractivity contribution in [3.8, 4) is 0 Å². The van der Waals surface area contributed by atoms with Crippen LogP contribution in [0.15, 0.2) is 128 Å². The van der Waals surface area contributed by atoms with E-state index in [9.17, 15) is 33.6 Å². The topological polar surface area (TPSA) is 269 Å². The number of carbonyl (C=O) groups is 7. The number of rotatable bonds is 19. The van der Waals surface area contributed by atoms with Crippen LogP contribution in [0, 0.1) is 11.8 Å². The molecule has 21 heteroatoms. The smallest absolute Gasteiger partial charge is 0.273 e. The van der Waals surface area contributed by atoms with Crippen LogP contribution in [0.4, 0.5) is 0 Å². The van der Waals surface area contributed by atoms with E-state index in [1.165, 1.54) is 10.9 Å². The molecule has 4 saturated heterocycles. The Kier molecular flexibility index (Phi) is 21.0. The van der Waals surface area contributed by atoms with Gasteiger partial charge in [-0.1, -0.05) is 140 Å². The third kappa shape index (κ3) is 13.7. The number of hydrogen-bond donors (Lipinski definition) is 7. The second-order valence-corrected chi connectivity index (χ2v) is 21.2. The van der Waals surface area contributed by atoms with E-state index in [2.05, 4.69) is 36.9 Å². The summed E-state index contributed by atoms with van der Waals surface area (Å²) >= 11 is 0. The predicted molar refractivity (Wildman–Crippen MR) is 291 cm³/mol. The molecule has 4 fully saturated rings. The molecule has 9 N–H and O–H groups in total. The molecule has 9 rings (SSSR count). The van der Waals surface area contributed by atoms with Gasteiger partial charge in [0.15, 0.2) is 5.69 Å². The van der Waals surface area contributed by atoms with Gasteiger partial charge in [0.1, 0.15) is 24.2 Å². The van der Waals surface area contributed by atoms with E-state index >= 15 is 0 Å². The lowest BCUT2D eigenvalue weighted by molar-refractivity contribution is -0.143. The Morgan fingerprint density at radius 1 is 0.550 bits per heavy atom. The average Bonchev–Trinajstić information content (AvgIpc) is 4.30. The summed E-state index contributed by atoms with van der Waals surface area (Å²) < 4.78 is 1.47. The Morgan fingerprint density at radius 2 is 0.925 bits per heavy atom. The number of nitrogens with one attached hydrogen (secondary N) is 5. The number of fused-ring (bicyclic) bond motifs is 2. The monoisotopic (exact) mass is 1130 g/mol. The minimum Gasteiger partial charge on any atom is -1.00 e. The normalized spacial score (nSPS) is 23.2. The number of amides is 7. The Bertz CT molecular complexity index is 2830. The molecule has 0 aliphatic carbocycles. The minimum absolute atomic E-state index is 0. The summed E-state index contributed by atoms with van der Waals surface area (Å²) in [7, 11) is 0. The van der Waals surface area contributed by atoms with Gasteiger partial charge >= 0.3 is 0 Å². The second kappa shape index (κ2) is 27.8. The predicted octanol–water partition coefficient (Wildman–Crippen LogP) is -2.19. The number of aromatic nitrogens is 3. The fraction of sp³-hybridized carbons (Fsp3) is 0.441. The van der Waals surface area contributed by atoms with Crippen molar-refractivity contribution in [1.29, 1.82) is 0 Å². The standard InChI is InChI=1S/C59H72N12O7.2ClH/c1-3-44(60)53(72)65-51-40(25-27-42-29-31-47(70(42)58(51)77)56(75)63-49(36-17-9-5-10-18-36)37-19-11-6-12-20-37)33-62-55(74)46-35-69(68-67-46)34-41-26-28-43-30-32-48(71(43)59(78)52(41)66-54(73)45(61)4-2)57(76)64-50(38-21-13-7-14-22-38)39-23-15-8-16-24-39;;/h5-24,35,40-45,47-52H,3-4,25-34,60-61H2,1-2H3,(H,62,74)(H,63,75)(H,64,76)(H,65,72)(H,66,73);2*1H/p-2/t40-,41-,42+,43+,44+,45+,47+,48+,51+,52+;;/m1../s1. The van der Waals surface area contributed by atoms with Gasteiger partial charge in [0.2, 0.25) is 35.4 Å². The average molecular weight is 1130 g/mol. The SMILES string of the molecule is CC[C@H](N)C(=O)N[C@@H]1C(=O)N2[C@@H](CC[C@@H]1CNC(=O)c1cn(C[C@H]3CC[C@H]4CC[C@@H](C(=O)NC(c5ccccc5)c5ccccc5)N4C(=O)[C@H]3NC(=O)[C@@H](N)CC)nn1)CC[C@H]2C(=O)NC(c1ccccc1)c1ccccc1.[Cl-].[Cl-]. The lowest BCUT2D eigenvalue weighted by Gasteiger charge is -2.33. The van der Waals surface area contributed by atoms with Crippen molar-refractivity contribution in [1.82, 2.24) is 51.4 Å². The molecule has 4 aliphatic heterocycles. The highest BCUT2D eigenvalue weighted by Crippen LogP contribution is 2.37. The zero-order valence-corrected chi connectivity index (χ0v) is 46.6. The van der Waals surface area contributed by atoms with Gasteiger partial charge in [-0.25, -0.2) is 0 Å². The first kappa shape index (κ1) is 60.5. The Morgan fingerprint density at radius 3 is 1.32 bits per heavy atom. The third-order valence-corrected chi connectivity index (χ3v) is 16.3. The lowest BCUT2D eigenvalue weighted by atomic mass is 9.92. The zero-order chi connectivity index (χ0) is 54.9. The maximum Gasteiger partial charge on any atom is 0.273 e. The van der Waals surface area contributed by atoms with Gasteiger partial charge in [-0.05, 0) is 86.5 Å². The largest absolute Gasteiger partial charge is 1.00 e. The van der Waals surface area contributed by atoms with Gasteiger partial charge < -0.3 is 72.7 Å². The Hall–Kier alpha value is -7.19. The van der Waals surface area contributed by atoms with Crippen molar-refractivity contribution in [3.05, 3.63) is 155 Å².